The summed E-state index contributed by atoms with van der Waals surface area (Å²) in [6, 6.07) is -0.889. The molecule has 0 bridgehead atoms. The fraction of sp³-hybridized carbons (Fsp3) is 0.455. The number of nitrogens with two attached hydrogens (primary N) is 1. The zero-order chi connectivity index (χ0) is 25.6. The maximum atomic E-state index is 13.1. The van der Waals surface area contributed by atoms with Crippen LogP contribution in [0.15, 0.2) is 27.3 Å². The van der Waals surface area contributed by atoms with Crippen LogP contribution in [0.25, 0.3) is 0 Å². The van der Waals surface area contributed by atoms with Gasteiger partial charge in [-0.2, -0.15) is 4.57 Å². The summed E-state index contributed by atoms with van der Waals surface area (Å²) in [5.74, 6) is -1.18. The molecular formula is C22H25N6O5S3+. The van der Waals surface area contributed by atoms with Crippen LogP contribution in [0.4, 0.5) is 5.13 Å². The summed E-state index contributed by atoms with van der Waals surface area (Å²) in [4.78, 5) is 49.7. The lowest BCUT2D eigenvalue weighted by Crippen LogP contribution is -2.71. The van der Waals surface area contributed by atoms with Gasteiger partial charge in [-0.25, -0.2) is 9.78 Å². The number of hydrogen-bond acceptors (Lipinski definition) is 10. The smallest absolute Gasteiger partial charge is 0.352 e. The second-order valence-corrected chi connectivity index (χ2v) is 11.8. The van der Waals surface area contributed by atoms with Gasteiger partial charge in [0, 0.05) is 23.1 Å². The molecule has 2 aromatic heterocycles. The molecule has 5 rings (SSSR count). The zero-order valence-electron chi connectivity index (χ0n) is 19.6. The van der Waals surface area contributed by atoms with Crippen molar-refractivity contribution in [3.63, 3.8) is 0 Å². The van der Waals surface area contributed by atoms with E-state index in [9.17, 15) is 19.5 Å². The van der Waals surface area contributed by atoms with Gasteiger partial charge in [-0.15, -0.1) is 23.1 Å². The van der Waals surface area contributed by atoms with Gasteiger partial charge >= 0.3 is 5.97 Å². The highest BCUT2D eigenvalue weighted by molar-refractivity contribution is 8.00. The van der Waals surface area contributed by atoms with Crippen LogP contribution in [0.1, 0.15) is 29.6 Å². The number of aromatic nitrogens is 2. The van der Waals surface area contributed by atoms with Gasteiger partial charge in [0.05, 0.1) is 4.88 Å². The molecule has 36 heavy (non-hydrogen) atoms. The average molecular weight is 550 g/mol. The summed E-state index contributed by atoms with van der Waals surface area (Å²) >= 11 is 4.29. The summed E-state index contributed by atoms with van der Waals surface area (Å²) in [5.41, 5.74) is 9.78. The molecule has 0 spiro atoms. The SMILES string of the molecule is CO/N=C(\C(=O)N[C@@H]1C(=O)N2C(C(=O)O)=C(C[n+]3csc4c3CCC(C)C4)CS[C@H]12)c1csc(N)n1. The highest BCUT2D eigenvalue weighted by Gasteiger charge is 2.55. The van der Waals surface area contributed by atoms with E-state index in [-0.39, 0.29) is 22.2 Å². The van der Waals surface area contributed by atoms with Crippen LogP contribution in [0, 0.1) is 5.92 Å². The van der Waals surface area contributed by atoms with Crippen molar-refractivity contribution in [3.05, 3.63) is 38.4 Å². The van der Waals surface area contributed by atoms with Gasteiger partial charge in [0.1, 0.15) is 29.9 Å². The lowest BCUT2D eigenvalue weighted by atomic mass is 9.92. The van der Waals surface area contributed by atoms with E-state index < -0.39 is 29.2 Å². The molecule has 1 saturated heterocycles. The number of anilines is 1. The molecule has 2 aliphatic heterocycles. The molecule has 3 aliphatic rings. The molecule has 190 valence electrons. The van der Waals surface area contributed by atoms with E-state index in [2.05, 4.69) is 32.5 Å². The summed E-state index contributed by atoms with van der Waals surface area (Å²) in [6.07, 6.45) is 3.12. The molecule has 0 saturated carbocycles. The third-order valence-electron chi connectivity index (χ3n) is 6.46. The first-order valence-corrected chi connectivity index (χ1v) is 14.1. The highest BCUT2D eigenvalue weighted by Crippen LogP contribution is 2.40. The fourth-order valence-electron chi connectivity index (χ4n) is 4.71. The molecule has 3 atom stereocenters. The molecule has 1 aliphatic carbocycles. The zero-order valence-corrected chi connectivity index (χ0v) is 22.0. The Morgan fingerprint density at radius 2 is 2.22 bits per heavy atom. The van der Waals surface area contributed by atoms with Crippen molar-refractivity contribution in [2.75, 3.05) is 18.6 Å². The van der Waals surface area contributed by atoms with Crippen molar-refractivity contribution in [1.82, 2.24) is 15.2 Å². The number of oxime groups is 1. The quantitative estimate of drug-likeness (QED) is 0.200. The van der Waals surface area contributed by atoms with Crippen molar-refractivity contribution in [2.24, 2.45) is 11.1 Å². The van der Waals surface area contributed by atoms with Gasteiger partial charge in [0.2, 0.25) is 5.51 Å². The van der Waals surface area contributed by atoms with Crippen molar-refractivity contribution in [2.45, 2.75) is 44.1 Å². The number of nitrogens with one attached hydrogen (secondary N) is 1. The second kappa shape index (κ2) is 9.82. The summed E-state index contributed by atoms with van der Waals surface area (Å²) in [7, 11) is 1.30. The van der Waals surface area contributed by atoms with Crippen molar-refractivity contribution >= 4 is 63.1 Å². The minimum Gasteiger partial charge on any atom is -0.477 e. The molecular weight excluding hydrogens is 524 g/mol. The van der Waals surface area contributed by atoms with Crippen LogP contribution >= 0.6 is 34.4 Å². The number of nitrogen functional groups attached to an aromatic ring is 1. The number of carbonyl (C=O) groups is 3. The third-order valence-corrected chi connectivity index (χ3v) is 9.52. The van der Waals surface area contributed by atoms with E-state index >= 15 is 0 Å². The van der Waals surface area contributed by atoms with Crippen LogP contribution in [0.5, 0.6) is 0 Å². The number of thioether (sulfide) groups is 1. The maximum absolute atomic E-state index is 13.1. The van der Waals surface area contributed by atoms with Crippen LogP contribution in [0.2, 0.25) is 0 Å². The van der Waals surface area contributed by atoms with Gasteiger partial charge in [0.25, 0.3) is 11.8 Å². The van der Waals surface area contributed by atoms with E-state index in [0.717, 1.165) is 30.6 Å². The van der Waals surface area contributed by atoms with Gasteiger partial charge < -0.3 is 21.0 Å². The van der Waals surface area contributed by atoms with E-state index in [1.807, 2.05) is 0 Å². The number of carboxylic acid groups (broad SMARTS) is 1. The Bertz CT molecular complexity index is 1300. The molecule has 11 nitrogen and oxygen atoms in total. The van der Waals surface area contributed by atoms with Gasteiger partial charge in [-0.3, -0.25) is 14.5 Å². The fourth-order valence-corrected chi connectivity index (χ4v) is 7.79. The average Bonchev–Trinajstić information content (AvgIpc) is 3.45. The Hall–Kier alpha value is -2.97. The number of rotatable bonds is 7. The minimum absolute atomic E-state index is 0.00364. The molecule has 4 N–H and O–H groups in total. The predicted molar refractivity (Wildman–Crippen MR) is 135 cm³/mol. The van der Waals surface area contributed by atoms with Crippen molar-refractivity contribution in [1.29, 1.82) is 0 Å². The largest absolute Gasteiger partial charge is 0.477 e. The maximum Gasteiger partial charge on any atom is 0.352 e. The second-order valence-electron chi connectivity index (χ2n) is 8.88. The molecule has 14 heteroatoms. The first-order valence-electron chi connectivity index (χ1n) is 11.3. The third kappa shape index (κ3) is 4.37. The van der Waals surface area contributed by atoms with Gasteiger partial charge in [0.15, 0.2) is 23.1 Å². The number of carbonyl (C=O) groups excluding carboxylic acids is 2. The Labute approximate surface area is 219 Å². The predicted octanol–water partition coefficient (Wildman–Crippen LogP) is 0.988. The van der Waals surface area contributed by atoms with Crippen LogP contribution < -0.4 is 15.6 Å². The number of thiazole rings is 2. The molecule has 2 amide bonds. The molecule has 1 fully saturated rings. The molecule has 2 aromatic rings. The highest BCUT2D eigenvalue weighted by atomic mass is 32.2. The van der Waals surface area contributed by atoms with E-state index in [1.54, 1.807) is 16.7 Å². The Morgan fingerprint density at radius 3 is 2.92 bits per heavy atom. The Morgan fingerprint density at radius 1 is 1.42 bits per heavy atom. The number of aliphatic carboxylic acids is 1. The van der Waals surface area contributed by atoms with Gasteiger partial charge in [-0.1, -0.05) is 23.4 Å². The molecule has 0 radical (unpaired) electrons. The number of β-lactam (4-membered cyclic amide) rings is 1. The summed E-state index contributed by atoms with van der Waals surface area (Å²) in [6.45, 7) is 2.68. The number of nitrogens with zero attached hydrogens (tertiary/aromatic N) is 4. The molecule has 1 unspecified atom stereocenters. The number of hydrogen-bond donors (Lipinski definition) is 3. The first kappa shape index (κ1) is 24.7. The van der Waals surface area contributed by atoms with Crippen LogP contribution in [0.3, 0.4) is 0 Å². The molecule has 4 heterocycles. The standard InChI is InChI=1S/C22H24N6O5S3/c1-10-3-4-13-14(5-10)36-9-27(13)6-11-7-34-20-16(19(30)28(20)17(11)21(31)32)25-18(29)15(26-33-2)12-8-35-22(23)24-12/h8-10,16,20H,3-7H2,1-2H3,(H3-,23,24,25,29,31,32)/p+1/b26-15-/t10?,16-,20-/m1/s1. The first-order chi connectivity index (χ1) is 17.3. The Balaban J connectivity index is 1.34. The van der Waals surface area contributed by atoms with Crippen molar-refractivity contribution < 1.29 is 28.9 Å². The summed E-state index contributed by atoms with van der Waals surface area (Å²) in [5, 5.41) is 17.7. The number of fused-ring (bicyclic) bond motifs is 2. The molecule has 0 aromatic carbocycles. The summed E-state index contributed by atoms with van der Waals surface area (Å²) < 4.78 is 2.13. The van der Waals surface area contributed by atoms with E-state index in [4.69, 9.17) is 10.6 Å². The topological polar surface area (TPSA) is 151 Å². The monoisotopic (exact) mass is 549 g/mol. The lowest BCUT2D eigenvalue weighted by molar-refractivity contribution is -0.692. The number of carboxylic acids is 1. The van der Waals surface area contributed by atoms with Gasteiger partial charge in [-0.05, 0) is 18.8 Å². The lowest BCUT2D eigenvalue weighted by Gasteiger charge is -2.49. The number of amides is 2. The normalized spacial score (nSPS) is 23.6. The van der Waals surface area contributed by atoms with Crippen molar-refractivity contribution in [3.8, 4) is 0 Å². The van der Waals surface area contributed by atoms with E-state index in [0.29, 0.717) is 23.8 Å². The van der Waals surface area contributed by atoms with Crippen LogP contribution in [-0.4, -0.2) is 62.8 Å². The Kier molecular flexibility index (Phi) is 6.74. The van der Waals surface area contributed by atoms with E-state index in [1.165, 1.54) is 34.3 Å². The van der Waals surface area contributed by atoms with Crippen LogP contribution in [-0.2, 0) is 38.6 Å². The minimum atomic E-state index is -1.15.